The first kappa shape index (κ1) is 18.7. The highest BCUT2D eigenvalue weighted by molar-refractivity contribution is 5.66. The molecule has 0 unspecified atom stereocenters. The van der Waals surface area contributed by atoms with E-state index < -0.39 is 35.3 Å². The molecule has 0 saturated carbocycles. The number of hydrogen-bond donors (Lipinski definition) is 0. The van der Waals surface area contributed by atoms with E-state index in [0.29, 0.717) is 12.0 Å². The van der Waals surface area contributed by atoms with Crippen molar-refractivity contribution in [2.45, 2.75) is 38.8 Å². The van der Waals surface area contributed by atoms with Crippen molar-refractivity contribution in [3.8, 4) is 5.75 Å². The number of nitro groups is 1. The SMILES string of the molecule is CCCCCc1ccc(OC(=O)OCC(F)(F)F)c([N+](=O)[O-])c1. The molecule has 0 aromatic heterocycles. The van der Waals surface area contributed by atoms with Gasteiger partial charge in [-0.3, -0.25) is 10.1 Å². The fourth-order valence-corrected chi connectivity index (χ4v) is 1.79. The van der Waals surface area contributed by atoms with Crippen LogP contribution in [0.15, 0.2) is 18.2 Å². The third-order valence-electron chi connectivity index (χ3n) is 2.84. The topological polar surface area (TPSA) is 78.7 Å². The third-order valence-corrected chi connectivity index (χ3v) is 2.84. The summed E-state index contributed by atoms with van der Waals surface area (Å²) in [6, 6.07) is 3.94. The van der Waals surface area contributed by atoms with E-state index in [1.807, 2.05) is 6.92 Å². The normalized spacial score (nSPS) is 11.1. The molecule has 0 spiro atoms. The standard InChI is InChI=1S/C14H16F3NO5/c1-2-3-4-5-10-6-7-12(11(8-10)18(20)21)23-13(19)22-9-14(15,16)17/h6-8H,2-5,9H2,1H3. The third kappa shape index (κ3) is 6.98. The maximum Gasteiger partial charge on any atom is 0.514 e. The van der Waals surface area contributed by atoms with E-state index in [4.69, 9.17) is 0 Å². The lowest BCUT2D eigenvalue weighted by Gasteiger charge is -2.09. The second-order valence-electron chi connectivity index (χ2n) is 4.77. The van der Waals surface area contributed by atoms with Crippen molar-refractivity contribution in [2.24, 2.45) is 0 Å². The average molecular weight is 335 g/mol. The molecule has 0 saturated heterocycles. The van der Waals surface area contributed by atoms with Crippen molar-refractivity contribution in [2.75, 3.05) is 6.61 Å². The van der Waals surface area contributed by atoms with E-state index in [1.165, 1.54) is 18.2 Å². The Morgan fingerprint density at radius 3 is 2.57 bits per heavy atom. The van der Waals surface area contributed by atoms with Crippen molar-refractivity contribution in [3.05, 3.63) is 33.9 Å². The van der Waals surface area contributed by atoms with Crippen LogP contribution in [0.25, 0.3) is 0 Å². The lowest BCUT2D eigenvalue weighted by atomic mass is 10.1. The van der Waals surface area contributed by atoms with Crippen molar-refractivity contribution in [1.82, 2.24) is 0 Å². The molecule has 0 amide bonds. The van der Waals surface area contributed by atoms with Crippen LogP contribution in [0.2, 0.25) is 0 Å². The van der Waals surface area contributed by atoms with Crippen LogP contribution in [0.1, 0.15) is 31.7 Å². The van der Waals surface area contributed by atoms with Crippen molar-refractivity contribution in [1.29, 1.82) is 0 Å². The number of ether oxygens (including phenoxy) is 2. The summed E-state index contributed by atoms with van der Waals surface area (Å²) in [5.41, 5.74) is 0.184. The van der Waals surface area contributed by atoms with Gasteiger partial charge in [-0.1, -0.05) is 25.8 Å². The van der Waals surface area contributed by atoms with Gasteiger partial charge >= 0.3 is 18.0 Å². The predicted octanol–water partition coefficient (Wildman–Crippen LogP) is 4.41. The Kier molecular flexibility index (Phi) is 6.80. The van der Waals surface area contributed by atoms with Crippen LogP contribution in [-0.4, -0.2) is 23.9 Å². The Hall–Kier alpha value is -2.32. The lowest BCUT2D eigenvalue weighted by Crippen LogP contribution is -2.22. The smallest absolute Gasteiger partial charge is 0.424 e. The summed E-state index contributed by atoms with van der Waals surface area (Å²) in [5, 5.41) is 11.0. The van der Waals surface area contributed by atoms with Crippen molar-refractivity contribution < 1.29 is 32.4 Å². The van der Waals surface area contributed by atoms with Gasteiger partial charge < -0.3 is 9.47 Å². The van der Waals surface area contributed by atoms with Crippen LogP contribution in [0.4, 0.5) is 23.7 Å². The Bertz CT molecular complexity index is 560. The van der Waals surface area contributed by atoms with Crippen LogP contribution in [-0.2, 0) is 11.2 Å². The molecule has 0 aliphatic carbocycles. The molecule has 0 N–H and O–H groups in total. The van der Waals surface area contributed by atoms with E-state index in [1.54, 1.807) is 0 Å². The highest BCUT2D eigenvalue weighted by Gasteiger charge is 2.30. The number of carbonyl (C=O) groups is 1. The molecule has 0 aliphatic rings. The number of carbonyl (C=O) groups excluding carboxylic acids is 1. The van der Waals surface area contributed by atoms with E-state index in [9.17, 15) is 28.1 Å². The first-order valence-electron chi connectivity index (χ1n) is 6.91. The molecule has 1 rings (SSSR count). The Balaban J connectivity index is 2.77. The summed E-state index contributed by atoms with van der Waals surface area (Å²) in [7, 11) is 0. The summed E-state index contributed by atoms with van der Waals surface area (Å²) in [4.78, 5) is 21.4. The van der Waals surface area contributed by atoms with E-state index in [0.717, 1.165) is 19.3 Å². The first-order valence-corrected chi connectivity index (χ1v) is 6.91. The van der Waals surface area contributed by atoms with E-state index >= 15 is 0 Å². The van der Waals surface area contributed by atoms with Crippen LogP contribution in [0, 0.1) is 10.1 Å². The van der Waals surface area contributed by atoms with Gasteiger partial charge in [0, 0.05) is 6.07 Å². The first-order chi connectivity index (χ1) is 10.7. The minimum absolute atomic E-state index is 0.457. The second-order valence-corrected chi connectivity index (χ2v) is 4.77. The molecule has 128 valence electrons. The van der Waals surface area contributed by atoms with Gasteiger partial charge in [0.15, 0.2) is 6.61 Å². The summed E-state index contributed by atoms with van der Waals surface area (Å²) < 4.78 is 44.1. The molecular formula is C14H16F3NO5. The van der Waals surface area contributed by atoms with E-state index in [-0.39, 0.29) is 0 Å². The molecule has 0 bridgehead atoms. The van der Waals surface area contributed by atoms with Gasteiger partial charge in [0.1, 0.15) is 0 Å². The molecule has 9 heteroatoms. The fraction of sp³-hybridized carbons (Fsp3) is 0.500. The van der Waals surface area contributed by atoms with Gasteiger partial charge in [0.25, 0.3) is 0 Å². The number of benzene rings is 1. The van der Waals surface area contributed by atoms with Crippen LogP contribution >= 0.6 is 0 Å². The van der Waals surface area contributed by atoms with Gasteiger partial charge in [0.05, 0.1) is 4.92 Å². The van der Waals surface area contributed by atoms with Gasteiger partial charge in [-0.15, -0.1) is 0 Å². The van der Waals surface area contributed by atoms with Crippen molar-refractivity contribution >= 4 is 11.8 Å². The summed E-state index contributed by atoms with van der Waals surface area (Å²) in [5.74, 6) is -0.457. The van der Waals surface area contributed by atoms with Gasteiger partial charge in [-0.05, 0) is 24.5 Å². The molecule has 1 aromatic carbocycles. The van der Waals surface area contributed by atoms with E-state index in [2.05, 4.69) is 9.47 Å². The largest absolute Gasteiger partial charge is 0.514 e. The monoisotopic (exact) mass is 335 g/mol. The zero-order chi connectivity index (χ0) is 17.5. The van der Waals surface area contributed by atoms with Gasteiger partial charge in [0.2, 0.25) is 5.75 Å². The number of aryl methyl sites for hydroxylation is 1. The number of halogens is 3. The molecule has 0 fully saturated rings. The van der Waals surface area contributed by atoms with Crippen molar-refractivity contribution in [3.63, 3.8) is 0 Å². The average Bonchev–Trinajstić information content (AvgIpc) is 2.46. The number of unbranched alkanes of at least 4 members (excludes halogenated alkanes) is 2. The van der Waals surface area contributed by atoms with Crippen LogP contribution in [0.5, 0.6) is 5.75 Å². The Labute approximate surface area is 130 Å². The number of alkyl halides is 3. The number of nitro benzene ring substituents is 1. The molecule has 6 nitrogen and oxygen atoms in total. The molecule has 1 aromatic rings. The summed E-state index contributed by atoms with van der Waals surface area (Å²) in [6.45, 7) is 0.195. The minimum atomic E-state index is -4.70. The highest BCUT2D eigenvalue weighted by Crippen LogP contribution is 2.29. The highest BCUT2D eigenvalue weighted by atomic mass is 19.4. The molecule has 0 radical (unpaired) electrons. The zero-order valence-corrected chi connectivity index (χ0v) is 12.4. The molecule has 0 aliphatic heterocycles. The van der Waals surface area contributed by atoms with Gasteiger partial charge in [-0.2, -0.15) is 13.2 Å². The maximum absolute atomic E-state index is 11.9. The number of rotatable bonds is 7. The lowest BCUT2D eigenvalue weighted by molar-refractivity contribution is -0.385. The molecule has 23 heavy (non-hydrogen) atoms. The molecule has 0 atom stereocenters. The summed E-state index contributed by atoms with van der Waals surface area (Å²) in [6.07, 6.45) is -2.92. The minimum Gasteiger partial charge on any atom is -0.424 e. The quantitative estimate of drug-likeness (QED) is 0.242. The Morgan fingerprint density at radius 1 is 1.30 bits per heavy atom. The van der Waals surface area contributed by atoms with Crippen LogP contribution in [0.3, 0.4) is 0 Å². The Morgan fingerprint density at radius 2 is 2.00 bits per heavy atom. The second kappa shape index (κ2) is 8.35. The zero-order valence-electron chi connectivity index (χ0n) is 12.4. The van der Waals surface area contributed by atoms with Crippen LogP contribution < -0.4 is 4.74 Å². The fourth-order valence-electron chi connectivity index (χ4n) is 1.79. The molecule has 0 heterocycles. The number of nitrogens with zero attached hydrogens (tertiary/aromatic N) is 1. The summed E-state index contributed by atoms with van der Waals surface area (Å²) >= 11 is 0. The predicted molar refractivity (Wildman–Crippen MR) is 74.4 cm³/mol. The molecular weight excluding hydrogens is 319 g/mol. The maximum atomic E-state index is 11.9. The van der Waals surface area contributed by atoms with Gasteiger partial charge in [-0.25, -0.2) is 4.79 Å². The number of hydrogen-bond acceptors (Lipinski definition) is 5.